The number of nitrogens with one attached hydrogen (secondary N) is 2. The first-order valence-electron chi connectivity index (χ1n) is 8.62. The van der Waals surface area contributed by atoms with Crippen LogP contribution in [-0.4, -0.2) is 35.6 Å². The third kappa shape index (κ3) is 4.70. The summed E-state index contributed by atoms with van der Waals surface area (Å²) in [5.74, 6) is -0.741. The van der Waals surface area contributed by atoms with E-state index in [4.69, 9.17) is 11.6 Å². The minimum absolute atomic E-state index is 0.0696. The highest BCUT2D eigenvalue weighted by Gasteiger charge is 2.38. The number of aliphatic hydroxyl groups is 1. The zero-order valence-electron chi connectivity index (χ0n) is 13.8. The predicted molar refractivity (Wildman–Crippen MR) is 91.5 cm³/mol. The average Bonchev–Trinajstić information content (AvgIpc) is 3.32. The second kappa shape index (κ2) is 7.70. The average molecular weight is 369 g/mol. The maximum absolute atomic E-state index is 13.8. The van der Waals surface area contributed by atoms with E-state index >= 15 is 0 Å². The molecule has 2 aliphatic rings. The van der Waals surface area contributed by atoms with Gasteiger partial charge < -0.3 is 15.7 Å². The lowest BCUT2D eigenvalue weighted by atomic mass is 10.1. The van der Waals surface area contributed by atoms with Crippen LogP contribution in [0.25, 0.3) is 0 Å². The second-order valence-electron chi connectivity index (χ2n) is 6.98. The van der Waals surface area contributed by atoms with E-state index in [2.05, 4.69) is 10.6 Å². The normalized spacial score (nSPS) is 25.6. The molecule has 5 nitrogen and oxygen atoms in total. The van der Waals surface area contributed by atoms with Crippen LogP contribution in [0.3, 0.4) is 0 Å². The molecule has 3 rings (SSSR count). The molecule has 2 fully saturated rings. The van der Waals surface area contributed by atoms with Crippen LogP contribution >= 0.6 is 11.6 Å². The molecule has 2 aliphatic carbocycles. The van der Waals surface area contributed by atoms with Crippen molar-refractivity contribution in [3.63, 3.8) is 0 Å². The number of amides is 2. The molecule has 0 bridgehead atoms. The highest BCUT2D eigenvalue weighted by Crippen LogP contribution is 2.29. The Balaban J connectivity index is 1.51. The van der Waals surface area contributed by atoms with Crippen molar-refractivity contribution in [2.24, 2.45) is 11.8 Å². The van der Waals surface area contributed by atoms with Crippen LogP contribution in [0.5, 0.6) is 0 Å². The van der Waals surface area contributed by atoms with Gasteiger partial charge in [-0.25, -0.2) is 4.39 Å². The smallest absolute Gasteiger partial charge is 0.224 e. The van der Waals surface area contributed by atoms with Gasteiger partial charge in [-0.1, -0.05) is 17.7 Å². The number of benzene rings is 1. The van der Waals surface area contributed by atoms with Gasteiger partial charge in [0.05, 0.1) is 18.6 Å². The highest BCUT2D eigenvalue weighted by molar-refractivity contribution is 6.31. The number of halogens is 2. The van der Waals surface area contributed by atoms with Gasteiger partial charge in [0.15, 0.2) is 0 Å². The first kappa shape index (κ1) is 18.1. The van der Waals surface area contributed by atoms with E-state index in [9.17, 15) is 19.1 Å². The van der Waals surface area contributed by atoms with E-state index in [1.807, 2.05) is 0 Å². The Morgan fingerprint density at radius 3 is 2.72 bits per heavy atom. The maximum atomic E-state index is 13.8. The van der Waals surface area contributed by atoms with E-state index in [-0.39, 0.29) is 28.8 Å². The van der Waals surface area contributed by atoms with Gasteiger partial charge in [0.1, 0.15) is 5.82 Å². The number of carbonyl (C=O) groups excluding carboxylic acids is 2. The van der Waals surface area contributed by atoms with Gasteiger partial charge in [0.25, 0.3) is 0 Å². The Morgan fingerprint density at radius 1 is 1.28 bits per heavy atom. The fraction of sp³-hybridized carbons (Fsp3) is 0.556. The predicted octanol–water partition coefficient (Wildman–Crippen LogP) is 1.80. The maximum Gasteiger partial charge on any atom is 0.224 e. The molecule has 1 aromatic carbocycles. The van der Waals surface area contributed by atoms with Gasteiger partial charge in [-0.3, -0.25) is 9.59 Å². The molecule has 3 atom stereocenters. The second-order valence-corrected chi connectivity index (χ2v) is 7.38. The van der Waals surface area contributed by atoms with Gasteiger partial charge >= 0.3 is 0 Å². The van der Waals surface area contributed by atoms with Crippen LogP contribution in [0.15, 0.2) is 18.2 Å². The Bertz CT molecular complexity index is 645. The van der Waals surface area contributed by atoms with Gasteiger partial charge in [-0.2, -0.15) is 0 Å². The summed E-state index contributed by atoms with van der Waals surface area (Å²) in [7, 11) is 0. The molecule has 0 aromatic heterocycles. The molecule has 2 amide bonds. The summed E-state index contributed by atoms with van der Waals surface area (Å²) >= 11 is 5.93. The molecule has 3 N–H and O–H groups in total. The van der Waals surface area contributed by atoms with Crippen molar-refractivity contribution in [1.82, 2.24) is 10.6 Å². The largest absolute Gasteiger partial charge is 0.391 e. The van der Waals surface area contributed by atoms with Gasteiger partial charge in [-0.15, -0.1) is 0 Å². The summed E-state index contributed by atoms with van der Waals surface area (Å²) in [6.45, 7) is 0.689. The number of rotatable bonds is 6. The Labute approximate surface area is 150 Å². The lowest BCUT2D eigenvalue weighted by Crippen LogP contribution is -2.41. The minimum Gasteiger partial charge on any atom is -0.391 e. The molecule has 0 heterocycles. The summed E-state index contributed by atoms with van der Waals surface area (Å²) in [5.41, 5.74) is 0.132. The van der Waals surface area contributed by atoms with Gasteiger partial charge in [0.2, 0.25) is 11.8 Å². The molecule has 1 aromatic rings. The summed E-state index contributed by atoms with van der Waals surface area (Å²) in [6.07, 6.45) is 2.04. The number of hydrogen-bond acceptors (Lipinski definition) is 3. The van der Waals surface area contributed by atoms with Crippen LogP contribution < -0.4 is 10.6 Å². The zero-order valence-corrected chi connectivity index (χ0v) is 14.6. The first-order chi connectivity index (χ1) is 11.9. The molecule has 0 saturated heterocycles. The van der Waals surface area contributed by atoms with Gasteiger partial charge in [0, 0.05) is 23.0 Å². The summed E-state index contributed by atoms with van der Waals surface area (Å²) in [4.78, 5) is 24.3. The SMILES string of the molecule is O=C(Cc1c(F)cccc1Cl)N[C@H]1C[C@H](C(=O)NCC2CC2)C[C@@H]1O. The zero-order chi connectivity index (χ0) is 18.0. The fourth-order valence-corrected chi connectivity index (χ4v) is 3.45. The van der Waals surface area contributed by atoms with Crippen molar-refractivity contribution in [1.29, 1.82) is 0 Å². The molecule has 25 heavy (non-hydrogen) atoms. The van der Waals surface area contributed by atoms with Crippen LogP contribution in [-0.2, 0) is 16.0 Å². The topological polar surface area (TPSA) is 78.4 Å². The highest BCUT2D eigenvalue weighted by atomic mass is 35.5. The van der Waals surface area contributed by atoms with Crippen molar-refractivity contribution >= 4 is 23.4 Å². The third-order valence-electron chi connectivity index (χ3n) is 4.91. The van der Waals surface area contributed by atoms with E-state index in [0.717, 1.165) is 12.8 Å². The number of hydrogen-bond donors (Lipinski definition) is 3. The van der Waals surface area contributed by atoms with Crippen molar-refractivity contribution < 1.29 is 19.1 Å². The van der Waals surface area contributed by atoms with Crippen LogP contribution in [0.1, 0.15) is 31.2 Å². The number of aliphatic hydroxyl groups excluding tert-OH is 1. The van der Waals surface area contributed by atoms with Crippen LogP contribution in [0.4, 0.5) is 4.39 Å². The van der Waals surface area contributed by atoms with E-state index in [0.29, 0.717) is 25.3 Å². The van der Waals surface area contributed by atoms with Crippen molar-refractivity contribution in [2.45, 2.75) is 44.2 Å². The molecular weight excluding hydrogens is 347 g/mol. The minimum atomic E-state index is -0.781. The lowest BCUT2D eigenvalue weighted by Gasteiger charge is -2.17. The lowest BCUT2D eigenvalue weighted by molar-refractivity contribution is -0.125. The molecule has 136 valence electrons. The Morgan fingerprint density at radius 2 is 2.04 bits per heavy atom. The van der Waals surface area contributed by atoms with Crippen molar-refractivity contribution in [2.75, 3.05) is 6.54 Å². The molecule has 7 heteroatoms. The molecule has 0 unspecified atom stereocenters. The Kier molecular flexibility index (Phi) is 5.59. The van der Waals surface area contributed by atoms with Crippen molar-refractivity contribution in [3.8, 4) is 0 Å². The summed E-state index contributed by atoms with van der Waals surface area (Å²) in [6, 6.07) is 3.75. The monoisotopic (exact) mass is 368 g/mol. The van der Waals surface area contributed by atoms with Crippen molar-refractivity contribution in [3.05, 3.63) is 34.6 Å². The molecule has 0 spiro atoms. The molecule has 0 aliphatic heterocycles. The van der Waals surface area contributed by atoms with E-state index in [1.165, 1.54) is 18.2 Å². The first-order valence-corrected chi connectivity index (χ1v) is 9.00. The summed E-state index contributed by atoms with van der Waals surface area (Å²) in [5, 5.41) is 15.9. The standard InChI is InChI=1S/C18H22ClFN2O3/c19-13-2-1-3-14(20)12(13)8-17(24)22-15-6-11(7-16(15)23)18(25)21-9-10-4-5-10/h1-3,10-11,15-16,23H,4-9H2,(H,21,25)(H,22,24)/t11-,15-,16-/m0/s1. The van der Waals surface area contributed by atoms with E-state index < -0.39 is 23.9 Å². The molecule has 2 saturated carbocycles. The quantitative estimate of drug-likeness (QED) is 0.716. The Hall–Kier alpha value is -1.66. The van der Waals surface area contributed by atoms with Crippen LogP contribution in [0, 0.1) is 17.7 Å². The number of carbonyl (C=O) groups is 2. The van der Waals surface area contributed by atoms with E-state index in [1.54, 1.807) is 0 Å². The summed E-state index contributed by atoms with van der Waals surface area (Å²) < 4.78 is 13.8. The third-order valence-corrected chi connectivity index (χ3v) is 5.26. The van der Waals surface area contributed by atoms with Crippen LogP contribution in [0.2, 0.25) is 5.02 Å². The molecule has 0 radical (unpaired) electrons. The van der Waals surface area contributed by atoms with Gasteiger partial charge in [-0.05, 0) is 43.7 Å². The molecular formula is C18H22ClFN2O3. The fourth-order valence-electron chi connectivity index (χ4n) is 3.22.